The molecule has 0 spiro atoms. The van der Waals surface area contributed by atoms with Crippen LogP contribution in [0.3, 0.4) is 0 Å². The van der Waals surface area contributed by atoms with Gasteiger partial charge in [-0.05, 0) is 13.3 Å². The van der Waals surface area contributed by atoms with Crippen molar-refractivity contribution in [2.24, 2.45) is 0 Å². The predicted molar refractivity (Wildman–Crippen MR) is 41.6 cm³/mol. The maximum atomic E-state index is 10.5. The van der Waals surface area contributed by atoms with Gasteiger partial charge in [-0.3, -0.25) is 0 Å². The Bertz CT molecular complexity index is 185. The van der Waals surface area contributed by atoms with Crippen molar-refractivity contribution >= 4 is 10.1 Å². The zero-order valence-corrected chi connectivity index (χ0v) is 7.85. The van der Waals surface area contributed by atoms with Gasteiger partial charge in [-0.2, -0.15) is 8.42 Å². The van der Waals surface area contributed by atoms with Gasteiger partial charge in [-0.15, -0.1) is 0 Å². The molecular formula is C6H14O4S. The van der Waals surface area contributed by atoms with E-state index in [2.05, 4.69) is 4.18 Å². The van der Waals surface area contributed by atoms with Crippen molar-refractivity contribution in [1.82, 2.24) is 0 Å². The lowest BCUT2D eigenvalue weighted by Gasteiger charge is -2.10. The third kappa shape index (κ3) is 7.77. The van der Waals surface area contributed by atoms with Crippen molar-refractivity contribution in [3.05, 3.63) is 0 Å². The molecule has 5 heteroatoms. The van der Waals surface area contributed by atoms with Gasteiger partial charge in [0, 0.05) is 6.61 Å². The van der Waals surface area contributed by atoms with Gasteiger partial charge < -0.3 is 4.74 Å². The van der Waals surface area contributed by atoms with Crippen molar-refractivity contribution in [1.29, 1.82) is 0 Å². The lowest BCUT2D eigenvalue weighted by atomic mass is 10.5. The van der Waals surface area contributed by atoms with Crippen molar-refractivity contribution in [3.8, 4) is 0 Å². The molecule has 0 aliphatic carbocycles. The van der Waals surface area contributed by atoms with Gasteiger partial charge in [-0.1, -0.05) is 6.92 Å². The number of rotatable bonds is 5. The third-order valence-electron chi connectivity index (χ3n) is 0.867. The molecule has 0 aliphatic heterocycles. The molecule has 0 aromatic carbocycles. The van der Waals surface area contributed by atoms with Crippen LogP contribution >= 0.6 is 0 Å². The molecule has 0 aliphatic rings. The molecule has 0 bridgehead atoms. The molecule has 1 atom stereocenters. The van der Waals surface area contributed by atoms with E-state index in [0.717, 1.165) is 12.7 Å². The quantitative estimate of drug-likeness (QED) is 0.464. The molecule has 0 aromatic rings. The summed E-state index contributed by atoms with van der Waals surface area (Å²) in [6, 6.07) is 0. The number of hydrogen-bond acceptors (Lipinski definition) is 4. The fraction of sp³-hybridized carbons (Fsp3) is 1.00. The molecule has 0 amide bonds. The van der Waals surface area contributed by atoms with Gasteiger partial charge in [0.05, 0.1) is 6.26 Å². The number of ether oxygens (including phenoxy) is 1. The van der Waals surface area contributed by atoms with Crippen LogP contribution in [-0.4, -0.2) is 27.6 Å². The molecule has 0 saturated carbocycles. The zero-order chi connectivity index (χ0) is 8.91. The Morgan fingerprint density at radius 3 is 2.36 bits per heavy atom. The van der Waals surface area contributed by atoms with Gasteiger partial charge >= 0.3 is 0 Å². The highest BCUT2D eigenvalue weighted by molar-refractivity contribution is 7.86. The fourth-order valence-electron chi connectivity index (χ4n) is 0.558. The van der Waals surface area contributed by atoms with Gasteiger partial charge in [0.1, 0.15) is 0 Å². The average Bonchev–Trinajstić information content (AvgIpc) is 1.79. The van der Waals surface area contributed by atoms with E-state index in [1.165, 1.54) is 0 Å². The van der Waals surface area contributed by atoms with Crippen molar-refractivity contribution in [2.45, 2.75) is 26.6 Å². The molecular weight excluding hydrogens is 168 g/mol. The summed E-state index contributed by atoms with van der Waals surface area (Å²) in [5, 5.41) is 0. The third-order valence-corrected chi connectivity index (χ3v) is 1.49. The SMILES string of the molecule is CCCOC(C)OS(C)(=O)=O. The lowest BCUT2D eigenvalue weighted by Crippen LogP contribution is -2.17. The maximum Gasteiger partial charge on any atom is 0.266 e. The van der Waals surface area contributed by atoms with Crippen LogP contribution in [0.25, 0.3) is 0 Å². The smallest absolute Gasteiger partial charge is 0.266 e. The molecule has 0 saturated heterocycles. The van der Waals surface area contributed by atoms with E-state index in [4.69, 9.17) is 4.74 Å². The molecule has 0 radical (unpaired) electrons. The zero-order valence-electron chi connectivity index (χ0n) is 7.03. The van der Waals surface area contributed by atoms with Crippen molar-refractivity contribution < 1.29 is 17.3 Å². The van der Waals surface area contributed by atoms with Crippen LogP contribution in [0.5, 0.6) is 0 Å². The van der Waals surface area contributed by atoms with Crippen molar-refractivity contribution in [3.63, 3.8) is 0 Å². The van der Waals surface area contributed by atoms with E-state index in [0.29, 0.717) is 6.61 Å². The molecule has 11 heavy (non-hydrogen) atoms. The Balaban J connectivity index is 3.61. The van der Waals surface area contributed by atoms with Crippen LogP contribution in [0.2, 0.25) is 0 Å². The summed E-state index contributed by atoms with van der Waals surface area (Å²) in [6.07, 6.45) is 1.17. The minimum atomic E-state index is -3.38. The van der Waals surface area contributed by atoms with Gasteiger partial charge in [0.25, 0.3) is 10.1 Å². The Morgan fingerprint density at radius 2 is 2.00 bits per heavy atom. The van der Waals surface area contributed by atoms with Crippen LogP contribution in [0.1, 0.15) is 20.3 Å². The Morgan fingerprint density at radius 1 is 1.45 bits per heavy atom. The number of hydrogen-bond donors (Lipinski definition) is 0. The maximum absolute atomic E-state index is 10.5. The van der Waals surface area contributed by atoms with E-state index in [1.807, 2.05) is 6.92 Å². The highest BCUT2D eigenvalue weighted by atomic mass is 32.2. The summed E-state index contributed by atoms with van der Waals surface area (Å²) < 4.78 is 30.5. The molecule has 0 fully saturated rings. The molecule has 0 N–H and O–H groups in total. The standard InChI is InChI=1S/C6H14O4S/c1-4-5-9-6(2)10-11(3,7)8/h6H,4-5H2,1-3H3. The monoisotopic (exact) mass is 182 g/mol. The van der Waals surface area contributed by atoms with Crippen LogP contribution in [0.15, 0.2) is 0 Å². The van der Waals surface area contributed by atoms with E-state index >= 15 is 0 Å². The summed E-state index contributed by atoms with van der Waals surface area (Å²) in [5.41, 5.74) is 0. The molecule has 68 valence electrons. The summed E-state index contributed by atoms with van der Waals surface area (Å²) in [4.78, 5) is 0. The van der Waals surface area contributed by atoms with Crippen molar-refractivity contribution in [2.75, 3.05) is 12.9 Å². The molecule has 0 aromatic heterocycles. The molecule has 0 rings (SSSR count). The predicted octanol–water partition coefficient (Wildman–Crippen LogP) is 0.735. The summed E-state index contributed by atoms with van der Waals surface area (Å²) in [5.74, 6) is 0. The lowest BCUT2D eigenvalue weighted by molar-refractivity contribution is -0.0618. The molecule has 4 nitrogen and oxygen atoms in total. The largest absolute Gasteiger partial charge is 0.352 e. The minimum absolute atomic E-state index is 0.511. The van der Waals surface area contributed by atoms with Gasteiger partial charge in [-0.25, -0.2) is 4.18 Å². The topological polar surface area (TPSA) is 52.6 Å². The average molecular weight is 182 g/mol. The highest BCUT2D eigenvalue weighted by Crippen LogP contribution is 1.98. The fourth-order valence-corrected chi connectivity index (χ4v) is 1.11. The van der Waals surface area contributed by atoms with E-state index < -0.39 is 16.4 Å². The Hall–Kier alpha value is -0.130. The summed E-state index contributed by atoms with van der Waals surface area (Å²) in [7, 11) is -3.38. The van der Waals surface area contributed by atoms with Gasteiger partial charge in [0.15, 0.2) is 6.29 Å². The molecule has 1 unspecified atom stereocenters. The second-order valence-corrected chi connectivity index (χ2v) is 3.84. The Kier molecular flexibility index (Phi) is 4.63. The minimum Gasteiger partial charge on any atom is -0.352 e. The van der Waals surface area contributed by atoms with Crippen LogP contribution < -0.4 is 0 Å². The van der Waals surface area contributed by atoms with Gasteiger partial charge in [0.2, 0.25) is 0 Å². The van der Waals surface area contributed by atoms with Crippen LogP contribution in [-0.2, 0) is 19.0 Å². The first-order valence-corrected chi connectivity index (χ1v) is 5.27. The van der Waals surface area contributed by atoms with E-state index in [9.17, 15) is 8.42 Å². The first-order chi connectivity index (χ1) is 4.95. The normalized spacial score (nSPS) is 14.8. The van der Waals surface area contributed by atoms with Crippen LogP contribution in [0.4, 0.5) is 0 Å². The highest BCUT2D eigenvalue weighted by Gasteiger charge is 2.08. The second-order valence-electron chi connectivity index (χ2n) is 2.24. The van der Waals surface area contributed by atoms with Crippen LogP contribution in [0, 0.1) is 0 Å². The Labute approximate surface area is 67.6 Å². The second kappa shape index (κ2) is 4.69. The first kappa shape index (κ1) is 10.9. The summed E-state index contributed by atoms with van der Waals surface area (Å²) in [6.45, 7) is 4.00. The van der Waals surface area contributed by atoms with E-state index in [-0.39, 0.29) is 0 Å². The summed E-state index contributed by atoms with van der Waals surface area (Å²) >= 11 is 0. The molecule has 0 heterocycles. The first-order valence-electron chi connectivity index (χ1n) is 3.45. The van der Waals surface area contributed by atoms with E-state index in [1.54, 1.807) is 6.92 Å².